The van der Waals surface area contributed by atoms with E-state index in [2.05, 4.69) is 42.6 Å². The zero-order valence-corrected chi connectivity index (χ0v) is 12.4. The molecule has 0 heterocycles. The van der Waals surface area contributed by atoms with Crippen molar-refractivity contribution in [1.29, 1.82) is 0 Å². The Morgan fingerprint density at radius 3 is 2.65 bits per heavy atom. The van der Waals surface area contributed by atoms with E-state index in [-0.39, 0.29) is 0 Å². The predicted octanol–water partition coefficient (Wildman–Crippen LogP) is 3.98. The summed E-state index contributed by atoms with van der Waals surface area (Å²) in [5.41, 5.74) is 1.35. The molecule has 0 aromatic heterocycles. The van der Waals surface area contributed by atoms with Crippen LogP contribution in [-0.2, 0) is 6.54 Å². The predicted molar refractivity (Wildman–Crippen MR) is 84.1 cm³/mol. The molecule has 2 aromatic rings. The fourth-order valence-electron chi connectivity index (χ4n) is 2.79. The van der Waals surface area contributed by atoms with E-state index >= 15 is 0 Å². The molecular weight excluding hydrogens is 246 g/mol. The zero-order chi connectivity index (χ0) is 13.9. The summed E-state index contributed by atoms with van der Waals surface area (Å²) in [6.45, 7) is 4.45. The minimum absolute atomic E-state index is 0.819. The first-order valence-electron chi connectivity index (χ1n) is 7.53. The molecule has 2 aromatic carbocycles. The van der Waals surface area contributed by atoms with Gasteiger partial charge in [-0.05, 0) is 65.8 Å². The number of rotatable bonds is 6. The van der Waals surface area contributed by atoms with E-state index in [4.69, 9.17) is 4.74 Å². The molecule has 0 aliphatic heterocycles. The van der Waals surface area contributed by atoms with Crippen LogP contribution in [0.3, 0.4) is 0 Å². The van der Waals surface area contributed by atoms with Crippen LogP contribution in [0.1, 0.15) is 25.3 Å². The fourth-order valence-corrected chi connectivity index (χ4v) is 2.79. The van der Waals surface area contributed by atoms with E-state index < -0.39 is 0 Å². The van der Waals surface area contributed by atoms with Crippen molar-refractivity contribution in [2.45, 2.75) is 26.3 Å². The number of fused-ring (bicyclic) bond motifs is 1. The van der Waals surface area contributed by atoms with Crippen molar-refractivity contribution in [1.82, 2.24) is 5.32 Å². The third-order valence-corrected chi connectivity index (χ3v) is 4.33. The molecule has 1 atom stereocenters. The van der Waals surface area contributed by atoms with E-state index in [1.165, 1.54) is 29.2 Å². The van der Waals surface area contributed by atoms with Crippen molar-refractivity contribution >= 4 is 10.8 Å². The van der Waals surface area contributed by atoms with E-state index in [1.807, 2.05) is 6.07 Å². The molecule has 1 saturated carbocycles. The second-order valence-electron chi connectivity index (χ2n) is 5.99. The maximum absolute atomic E-state index is 5.26. The summed E-state index contributed by atoms with van der Waals surface area (Å²) in [7, 11) is 1.71. The van der Waals surface area contributed by atoms with Gasteiger partial charge >= 0.3 is 0 Å². The molecule has 20 heavy (non-hydrogen) atoms. The summed E-state index contributed by atoms with van der Waals surface area (Å²) >= 11 is 0. The molecule has 1 N–H and O–H groups in total. The average molecular weight is 269 g/mol. The van der Waals surface area contributed by atoms with Crippen molar-refractivity contribution < 1.29 is 4.74 Å². The molecule has 0 radical (unpaired) electrons. The molecular formula is C18H23NO. The summed E-state index contributed by atoms with van der Waals surface area (Å²) in [5, 5.41) is 6.10. The highest BCUT2D eigenvalue weighted by Crippen LogP contribution is 2.36. The molecule has 0 amide bonds. The van der Waals surface area contributed by atoms with Crippen LogP contribution in [0.2, 0.25) is 0 Å². The standard InChI is InChI=1S/C18H23NO/c1-13(15-5-6-15)11-19-12-14-3-4-17-10-18(20-2)8-7-16(17)9-14/h3-4,7-10,13,15,19H,5-6,11-12H2,1-2H3. The number of methoxy groups -OCH3 is 1. The van der Waals surface area contributed by atoms with E-state index in [9.17, 15) is 0 Å². The van der Waals surface area contributed by atoms with Gasteiger partial charge in [-0.15, -0.1) is 0 Å². The van der Waals surface area contributed by atoms with Crippen LogP contribution < -0.4 is 10.1 Å². The summed E-state index contributed by atoms with van der Waals surface area (Å²) in [5.74, 6) is 2.72. The molecule has 1 fully saturated rings. The number of ether oxygens (including phenoxy) is 1. The third-order valence-electron chi connectivity index (χ3n) is 4.33. The van der Waals surface area contributed by atoms with Gasteiger partial charge in [0.25, 0.3) is 0 Å². The molecule has 1 aliphatic carbocycles. The molecule has 1 aliphatic rings. The zero-order valence-electron chi connectivity index (χ0n) is 12.4. The maximum atomic E-state index is 5.26. The van der Waals surface area contributed by atoms with Crippen molar-refractivity contribution in [3.63, 3.8) is 0 Å². The molecule has 2 heteroatoms. The minimum Gasteiger partial charge on any atom is -0.497 e. The van der Waals surface area contributed by atoms with Crippen molar-refractivity contribution in [3.8, 4) is 5.75 Å². The highest BCUT2D eigenvalue weighted by Gasteiger charge is 2.27. The first kappa shape index (κ1) is 13.4. The van der Waals surface area contributed by atoms with Crippen molar-refractivity contribution in [3.05, 3.63) is 42.0 Å². The van der Waals surface area contributed by atoms with Crippen LogP contribution in [-0.4, -0.2) is 13.7 Å². The summed E-state index contributed by atoms with van der Waals surface area (Å²) in [6.07, 6.45) is 2.86. The normalized spacial score (nSPS) is 16.3. The topological polar surface area (TPSA) is 21.3 Å². The largest absolute Gasteiger partial charge is 0.497 e. The Morgan fingerprint density at radius 1 is 1.15 bits per heavy atom. The number of nitrogens with one attached hydrogen (secondary N) is 1. The number of benzene rings is 2. The minimum atomic E-state index is 0.819. The summed E-state index contributed by atoms with van der Waals surface area (Å²) in [4.78, 5) is 0. The van der Waals surface area contributed by atoms with Crippen molar-refractivity contribution in [2.24, 2.45) is 11.8 Å². The van der Waals surface area contributed by atoms with Gasteiger partial charge in [-0.25, -0.2) is 0 Å². The summed E-state index contributed by atoms with van der Waals surface area (Å²) in [6, 6.07) is 12.9. The lowest BCUT2D eigenvalue weighted by atomic mass is 10.1. The van der Waals surface area contributed by atoms with Gasteiger partial charge < -0.3 is 10.1 Å². The van der Waals surface area contributed by atoms with Gasteiger partial charge in [-0.2, -0.15) is 0 Å². The Balaban J connectivity index is 1.63. The smallest absolute Gasteiger partial charge is 0.119 e. The van der Waals surface area contributed by atoms with Crippen LogP contribution in [0.15, 0.2) is 36.4 Å². The lowest BCUT2D eigenvalue weighted by Crippen LogP contribution is -2.21. The van der Waals surface area contributed by atoms with Crippen molar-refractivity contribution in [2.75, 3.05) is 13.7 Å². The van der Waals surface area contributed by atoms with Gasteiger partial charge in [0.15, 0.2) is 0 Å². The van der Waals surface area contributed by atoms with Gasteiger partial charge in [0.1, 0.15) is 5.75 Å². The van der Waals surface area contributed by atoms with E-state index in [1.54, 1.807) is 7.11 Å². The molecule has 2 nitrogen and oxygen atoms in total. The van der Waals surface area contributed by atoms with Gasteiger partial charge in [0.2, 0.25) is 0 Å². The Hall–Kier alpha value is -1.54. The third kappa shape index (κ3) is 3.13. The number of hydrogen-bond donors (Lipinski definition) is 1. The highest BCUT2D eigenvalue weighted by molar-refractivity contribution is 5.84. The van der Waals surface area contributed by atoms with Crippen LogP contribution >= 0.6 is 0 Å². The van der Waals surface area contributed by atoms with E-state index in [0.29, 0.717) is 0 Å². The van der Waals surface area contributed by atoms with Gasteiger partial charge in [-0.3, -0.25) is 0 Å². The second-order valence-corrected chi connectivity index (χ2v) is 5.99. The van der Waals surface area contributed by atoms with Gasteiger partial charge in [0.05, 0.1) is 7.11 Å². The fraction of sp³-hybridized carbons (Fsp3) is 0.444. The SMILES string of the molecule is COc1ccc2cc(CNCC(C)C3CC3)ccc2c1. The first-order valence-corrected chi connectivity index (χ1v) is 7.53. The first-order chi connectivity index (χ1) is 9.76. The van der Waals surface area contributed by atoms with Gasteiger partial charge in [-0.1, -0.05) is 25.1 Å². The highest BCUT2D eigenvalue weighted by atomic mass is 16.5. The molecule has 1 unspecified atom stereocenters. The lowest BCUT2D eigenvalue weighted by Gasteiger charge is -2.12. The summed E-state index contributed by atoms with van der Waals surface area (Å²) < 4.78 is 5.26. The van der Waals surface area contributed by atoms with Crippen LogP contribution in [0.5, 0.6) is 5.75 Å². The van der Waals surface area contributed by atoms with Crippen LogP contribution in [0, 0.1) is 11.8 Å². The van der Waals surface area contributed by atoms with Crippen LogP contribution in [0.4, 0.5) is 0 Å². The molecule has 0 bridgehead atoms. The molecule has 0 spiro atoms. The lowest BCUT2D eigenvalue weighted by molar-refractivity contribution is 0.415. The Labute approximate surface area is 121 Å². The number of hydrogen-bond acceptors (Lipinski definition) is 2. The Morgan fingerprint density at radius 2 is 1.90 bits per heavy atom. The second kappa shape index (κ2) is 5.84. The quantitative estimate of drug-likeness (QED) is 0.856. The monoisotopic (exact) mass is 269 g/mol. The molecule has 3 rings (SSSR count). The van der Waals surface area contributed by atoms with Gasteiger partial charge in [0, 0.05) is 6.54 Å². The average Bonchev–Trinajstić information content (AvgIpc) is 3.31. The Kier molecular flexibility index (Phi) is 3.93. The van der Waals surface area contributed by atoms with E-state index in [0.717, 1.165) is 30.7 Å². The van der Waals surface area contributed by atoms with Crippen LogP contribution in [0.25, 0.3) is 10.8 Å². The molecule has 0 saturated heterocycles. The Bertz CT molecular complexity index is 589. The maximum Gasteiger partial charge on any atom is 0.119 e. The molecule has 106 valence electrons.